The van der Waals surface area contributed by atoms with Gasteiger partial charge in [-0.05, 0) is 13.3 Å². The highest BCUT2D eigenvalue weighted by Crippen LogP contribution is 1.92. The zero-order valence-electron chi connectivity index (χ0n) is 16.9. The summed E-state index contributed by atoms with van der Waals surface area (Å²) < 4.78 is 0. The van der Waals surface area contributed by atoms with E-state index in [2.05, 4.69) is 0 Å². The van der Waals surface area contributed by atoms with Gasteiger partial charge in [0.15, 0.2) is 11.6 Å². The Bertz CT molecular complexity index is 674. The van der Waals surface area contributed by atoms with Crippen molar-refractivity contribution in [2.45, 2.75) is 51.6 Å². The maximum atomic E-state index is 10.1. The molecular formula is C16H22N2O14-4. The molecule has 32 heavy (non-hydrogen) atoms. The van der Waals surface area contributed by atoms with E-state index in [4.69, 9.17) is 21.7 Å². The first-order valence-corrected chi connectivity index (χ1v) is 8.19. The third kappa shape index (κ3) is 33.6. The van der Waals surface area contributed by atoms with Crippen molar-refractivity contribution < 1.29 is 69.0 Å². The molecule has 0 rings (SSSR count). The average Bonchev–Trinajstić information content (AvgIpc) is 2.64. The Morgan fingerprint density at radius 2 is 1.06 bits per heavy atom. The standard InChI is InChI=1S/C5H9NO4.C5H6O5.C3H7NO2.C3H4O3/c2*6-3(5(9)10)1-2-4(7)8;2*1-2(4)3(5)6/h3H,1-2,6H2,(H,7,8)(H,9,10);1-2H2,(H,7,8)(H,9,10);2H,4H2,1H3,(H,5,6);1H3,(H,5,6)/p-4/t3-;;2-;/m0.0./s1. The van der Waals surface area contributed by atoms with Gasteiger partial charge in [-0.3, -0.25) is 19.2 Å². The number of Topliss-reactive ketones (excluding diaryl/α,β-unsaturated/α-hetero) is 2. The molecule has 0 radical (unpaired) electrons. The number of ketones is 2. The number of hydrogen-bond acceptors (Lipinski definition) is 14. The predicted molar refractivity (Wildman–Crippen MR) is 91.1 cm³/mol. The monoisotopic (exact) mass is 466 g/mol. The van der Waals surface area contributed by atoms with Gasteiger partial charge in [-0.1, -0.05) is 0 Å². The van der Waals surface area contributed by atoms with Crippen LogP contribution in [0.3, 0.4) is 0 Å². The molecule has 0 aromatic rings. The Labute approximate surface area is 180 Å². The van der Waals surface area contributed by atoms with Crippen LogP contribution in [0.5, 0.6) is 0 Å². The van der Waals surface area contributed by atoms with Crippen LogP contribution in [-0.4, -0.2) is 69.7 Å². The average molecular weight is 466 g/mol. The number of nitrogens with two attached hydrogens (primary N) is 2. The van der Waals surface area contributed by atoms with Crippen molar-refractivity contribution in [2.75, 3.05) is 0 Å². The zero-order valence-corrected chi connectivity index (χ0v) is 16.9. The van der Waals surface area contributed by atoms with Gasteiger partial charge in [-0.25, -0.2) is 0 Å². The smallest absolute Gasteiger partial charge is 0.303 e. The summed E-state index contributed by atoms with van der Waals surface area (Å²) in [7, 11) is 0. The second kappa shape index (κ2) is 20.4. The second-order valence-electron chi connectivity index (χ2n) is 5.41. The molecule has 0 aromatic carbocycles. The van der Waals surface area contributed by atoms with Crippen molar-refractivity contribution in [3.05, 3.63) is 0 Å². The lowest BCUT2D eigenvalue weighted by Crippen LogP contribution is -2.41. The van der Waals surface area contributed by atoms with Crippen LogP contribution in [0, 0.1) is 0 Å². The van der Waals surface area contributed by atoms with Gasteiger partial charge in [0, 0.05) is 31.8 Å². The van der Waals surface area contributed by atoms with Gasteiger partial charge in [-0.2, -0.15) is 0 Å². The summed E-state index contributed by atoms with van der Waals surface area (Å²) >= 11 is 0. The van der Waals surface area contributed by atoms with Gasteiger partial charge in [0.1, 0.15) is 11.9 Å². The van der Waals surface area contributed by atoms with Crippen LogP contribution in [0.1, 0.15) is 39.5 Å². The predicted octanol–water partition coefficient (Wildman–Crippen LogP) is -7.49. The minimum Gasteiger partial charge on any atom is -0.548 e. The minimum absolute atomic E-state index is 0.0856. The summed E-state index contributed by atoms with van der Waals surface area (Å²) in [5, 5.41) is 54.3. The molecule has 0 fully saturated rings. The molecule has 0 amide bonds. The summed E-state index contributed by atoms with van der Waals surface area (Å²) in [4.78, 5) is 77.5. The molecule has 184 valence electrons. The normalized spacial score (nSPS) is 10.6. The van der Waals surface area contributed by atoms with Gasteiger partial charge in [0.2, 0.25) is 0 Å². The van der Waals surface area contributed by atoms with E-state index in [9.17, 15) is 58.8 Å². The Hall–Kier alpha value is -3.92. The molecule has 0 aromatic heterocycles. The van der Waals surface area contributed by atoms with Crippen molar-refractivity contribution in [3.63, 3.8) is 0 Å². The number of rotatable bonds is 10. The minimum atomic E-state index is -1.83. The summed E-state index contributed by atoms with van der Waals surface area (Å²) in [5.74, 6) is -10.5. The number of carbonyl (C=O) groups is 8. The first kappa shape index (κ1) is 35.5. The molecule has 6 N–H and O–H groups in total. The molecule has 0 aliphatic rings. The second-order valence-corrected chi connectivity index (χ2v) is 5.41. The van der Waals surface area contributed by atoms with Gasteiger partial charge < -0.3 is 61.3 Å². The number of aliphatic carboxylic acids is 6. The fourth-order valence-corrected chi connectivity index (χ4v) is 0.719. The maximum Gasteiger partial charge on any atom is 0.303 e. The number of carboxylic acids is 6. The van der Waals surface area contributed by atoms with E-state index < -0.39 is 72.3 Å². The van der Waals surface area contributed by atoms with Crippen LogP contribution in [0.25, 0.3) is 0 Å². The van der Waals surface area contributed by atoms with E-state index in [-0.39, 0.29) is 12.8 Å². The molecule has 0 aliphatic carbocycles. The topological polar surface area (TPSA) is 321 Å². The molecule has 2 atom stereocenters. The largest absolute Gasteiger partial charge is 0.548 e. The highest BCUT2D eigenvalue weighted by molar-refractivity contribution is 6.31. The van der Waals surface area contributed by atoms with Crippen LogP contribution in [-0.2, 0) is 38.4 Å². The molecule has 0 heterocycles. The highest BCUT2D eigenvalue weighted by atomic mass is 16.4. The molecule has 0 saturated carbocycles. The van der Waals surface area contributed by atoms with Gasteiger partial charge >= 0.3 is 11.9 Å². The van der Waals surface area contributed by atoms with E-state index in [1.165, 1.54) is 6.92 Å². The summed E-state index contributed by atoms with van der Waals surface area (Å²) in [5.41, 5.74) is 9.71. The van der Waals surface area contributed by atoms with Crippen molar-refractivity contribution >= 4 is 47.4 Å². The molecular weight excluding hydrogens is 444 g/mol. The fraction of sp³-hybridized carbons (Fsp3) is 0.500. The molecule has 0 spiro atoms. The van der Waals surface area contributed by atoms with E-state index >= 15 is 0 Å². The summed E-state index contributed by atoms with van der Waals surface area (Å²) in [6.45, 7) is 2.30. The SMILES string of the molecule is CC(=O)C(=O)[O-].C[C@H](N)C(=O)[O-].N[C@@H](CCC(=O)O)C(=O)[O-].O=C(O)CCC(=O)C(=O)[O-]. The number of carbonyl (C=O) groups excluding carboxylic acids is 6. The Morgan fingerprint density at radius 3 is 1.25 bits per heavy atom. The Kier molecular flexibility index (Phi) is 22.6. The molecule has 0 unspecified atom stereocenters. The van der Waals surface area contributed by atoms with Gasteiger partial charge in [0.25, 0.3) is 0 Å². The van der Waals surface area contributed by atoms with Gasteiger partial charge in [-0.15, -0.1) is 0 Å². The van der Waals surface area contributed by atoms with E-state index in [1.807, 2.05) is 0 Å². The van der Waals surface area contributed by atoms with E-state index in [1.54, 1.807) is 0 Å². The van der Waals surface area contributed by atoms with Gasteiger partial charge in [0.05, 0.1) is 18.4 Å². The van der Waals surface area contributed by atoms with Crippen molar-refractivity contribution in [1.29, 1.82) is 0 Å². The van der Waals surface area contributed by atoms with E-state index in [0.29, 0.717) is 0 Å². The quantitative estimate of drug-likeness (QED) is 0.217. The van der Waals surface area contributed by atoms with Crippen molar-refractivity contribution in [2.24, 2.45) is 11.5 Å². The first-order chi connectivity index (χ1) is 14.4. The Morgan fingerprint density at radius 1 is 0.719 bits per heavy atom. The van der Waals surface area contributed by atoms with Crippen molar-refractivity contribution in [1.82, 2.24) is 0 Å². The lowest BCUT2D eigenvalue weighted by atomic mass is 10.2. The molecule has 0 bridgehead atoms. The van der Waals surface area contributed by atoms with Crippen LogP contribution in [0.15, 0.2) is 0 Å². The summed E-state index contributed by atoms with van der Waals surface area (Å²) in [6.07, 6.45) is -1.29. The molecule has 0 saturated heterocycles. The third-order valence-electron chi connectivity index (χ3n) is 2.42. The van der Waals surface area contributed by atoms with Crippen LogP contribution >= 0.6 is 0 Å². The Balaban J connectivity index is -0.000000168. The lowest BCUT2D eigenvalue weighted by molar-refractivity contribution is -0.308. The zero-order chi connectivity index (χ0) is 26.6. The number of hydrogen-bond donors (Lipinski definition) is 4. The van der Waals surface area contributed by atoms with Crippen LogP contribution < -0.4 is 31.9 Å². The van der Waals surface area contributed by atoms with Crippen molar-refractivity contribution in [3.8, 4) is 0 Å². The summed E-state index contributed by atoms with van der Waals surface area (Å²) in [6, 6.07) is -2.01. The van der Waals surface area contributed by atoms with Crippen LogP contribution in [0.2, 0.25) is 0 Å². The fourth-order valence-electron chi connectivity index (χ4n) is 0.719. The van der Waals surface area contributed by atoms with E-state index in [0.717, 1.165) is 6.92 Å². The first-order valence-electron chi connectivity index (χ1n) is 8.19. The van der Waals surface area contributed by atoms with Crippen LogP contribution in [0.4, 0.5) is 0 Å². The number of carboxylic acid groups (broad SMARTS) is 6. The third-order valence-corrected chi connectivity index (χ3v) is 2.42. The molecule has 0 aliphatic heterocycles. The maximum absolute atomic E-state index is 10.1. The molecule has 16 heteroatoms. The highest BCUT2D eigenvalue weighted by Gasteiger charge is 2.05. The molecule has 16 nitrogen and oxygen atoms in total. The lowest BCUT2D eigenvalue weighted by Gasteiger charge is -2.09.